The highest BCUT2D eigenvalue weighted by atomic mass is 16.5. The van der Waals surface area contributed by atoms with E-state index < -0.39 is 0 Å². The molecule has 1 N–H and O–H groups in total. The molecule has 5 nitrogen and oxygen atoms in total. The van der Waals surface area contributed by atoms with E-state index in [1.165, 1.54) is 6.08 Å². The van der Waals surface area contributed by atoms with Gasteiger partial charge in [0.1, 0.15) is 12.4 Å². The number of aryl methyl sites for hydroxylation is 1. The molecule has 0 aliphatic rings. The number of benzene rings is 1. The van der Waals surface area contributed by atoms with E-state index >= 15 is 0 Å². The third kappa shape index (κ3) is 7.53. The number of carbonyl (C=O) groups excluding carboxylic acids is 1. The van der Waals surface area contributed by atoms with Crippen LogP contribution in [0.2, 0.25) is 0 Å². The van der Waals surface area contributed by atoms with Gasteiger partial charge < -0.3 is 10.1 Å². The largest absolute Gasteiger partial charge is 0.492 e. The minimum Gasteiger partial charge on any atom is -0.492 e. The highest BCUT2D eigenvalue weighted by Crippen LogP contribution is 2.22. The molecule has 0 fully saturated rings. The van der Waals surface area contributed by atoms with Crippen LogP contribution in [-0.4, -0.2) is 42.0 Å². The molecule has 5 heteroatoms. The molecule has 0 bridgehead atoms. The van der Waals surface area contributed by atoms with Crippen LogP contribution < -0.4 is 10.1 Å². The quantitative estimate of drug-likeness (QED) is 0.581. The highest BCUT2D eigenvalue weighted by molar-refractivity contribution is 6.02. The van der Waals surface area contributed by atoms with Crippen LogP contribution in [0.25, 0.3) is 6.08 Å². The predicted octanol–water partition coefficient (Wildman–Crippen LogP) is 4.54. The fraction of sp³-hybridized carbons (Fsp3) is 0.391. The van der Waals surface area contributed by atoms with E-state index in [9.17, 15) is 4.79 Å². The van der Waals surface area contributed by atoms with Gasteiger partial charge in [0.25, 0.3) is 0 Å². The molecular formula is C23H31N3O2. The summed E-state index contributed by atoms with van der Waals surface area (Å²) < 4.78 is 5.99. The topological polar surface area (TPSA) is 54.5 Å². The van der Waals surface area contributed by atoms with Gasteiger partial charge in [-0.25, -0.2) is 0 Å². The van der Waals surface area contributed by atoms with Crippen molar-refractivity contribution in [3.8, 4) is 5.75 Å². The molecule has 1 aromatic carbocycles. The first-order valence-corrected chi connectivity index (χ1v) is 9.97. The molecule has 0 unspecified atom stereocenters. The average molecular weight is 382 g/mol. The summed E-state index contributed by atoms with van der Waals surface area (Å²) in [6, 6.07) is 9.47. The second kappa shape index (κ2) is 11.9. The van der Waals surface area contributed by atoms with Gasteiger partial charge in [0.2, 0.25) is 5.91 Å². The molecule has 2 rings (SSSR count). The van der Waals surface area contributed by atoms with Crippen molar-refractivity contribution in [2.45, 2.75) is 33.6 Å². The highest BCUT2D eigenvalue weighted by Gasteiger charge is 2.06. The Bertz CT molecular complexity index is 754. The monoisotopic (exact) mass is 381 g/mol. The second-order valence-corrected chi connectivity index (χ2v) is 6.78. The van der Waals surface area contributed by atoms with Crippen LogP contribution >= 0.6 is 0 Å². The van der Waals surface area contributed by atoms with Gasteiger partial charge in [-0.05, 0) is 62.2 Å². The van der Waals surface area contributed by atoms with Crippen LogP contribution in [0.5, 0.6) is 5.75 Å². The van der Waals surface area contributed by atoms with Crippen molar-refractivity contribution in [3.63, 3.8) is 0 Å². The lowest BCUT2D eigenvalue weighted by Crippen LogP contribution is -2.30. The van der Waals surface area contributed by atoms with E-state index in [2.05, 4.69) is 29.0 Å². The van der Waals surface area contributed by atoms with E-state index in [0.29, 0.717) is 6.61 Å². The molecule has 0 radical (unpaired) electrons. The molecule has 0 aliphatic heterocycles. The number of ether oxygens (including phenoxy) is 1. The normalized spacial score (nSPS) is 11.1. The number of aromatic nitrogens is 1. The van der Waals surface area contributed by atoms with Crippen molar-refractivity contribution in [3.05, 3.63) is 59.9 Å². The van der Waals surface area contributed by atoms with Crippen molar-refractivity contribution in [1.82, 2.24) is 9.88 Å². The Morgan fingerprint density at radius 1 is 1.18 bits per heavy atom. The van der Waals surface area contributed by atoms with E-state index in [1.54, 1.807) is 18.5 Å². The van der Waals surface area contributed by atoms with Crippen LogP contribution in [0.1, 0.15) is 37.8 Å². The lowest BCUT2D eigenvalue weighted by molar-refractivity contribution is -0.111. The van der Waals surface area contributed by atoms with Crippen LogP contribution in [0.15, 0.2) is 48.8 Å². The van der Waals surface area contributed by atoms with E-state index in [4.69, 9.17) is 4.74 Å². The first-order chi connectivity index (χ1) is 13.6. The Morgan fingerprint density at radius 3 is 2.64 bits per heavy atom. The minimum absolute atomic E-state index is 0.185. The third-order valence-electron chi connectivity index (χ3n) is 4.31. The zero-order valence-corrected chi connectivity index (χ0v) is 17.1. The Balaban J connectivity index is 1.91. The summed E-state index contributed by atoms with van der Waals surface area (Å²) in [5, 5.41) is 2.88. The lowest BCUT2D eigenvalue weighted by Gasteiger charge is -2.21. The molecule has 0 aliphatic carbocycles. The summed E-state index contributed by atoms with van der Waals surface area (Å²) in [6.07, 6.45) is 8.95. The first-order valence-electron chi connectivity index (χ1n) is 9.97. The molecule has 1 heterocycles. The van der Waals surface area contributed by atoms with Crippen molar-refractivity contribution < 1.29 is 9.53 Å². The van der Waals surface area contributed by atoms with Crippen molar-refractivity contribution in [2.24, 2.45) is 0 Å². The number of anilines is 1. The number of rotatable bonds is 11. The molecule has 0 atom stereocenters. The fourth-order valence-corrected chi connectivity index (χ4v) is 2.92. The second-order valence-electron chi connectivity index (χ2n) is 6.78. The predicted molar refractivity (Wildman–Crippen MR) is 116 cm³/mol. The molecule has 0 spiro atoms. The summed E-state index contributed by atoms with van der Waals surface area (Å²) in [7, 11) is 0. The Kier molecular flexibility index (Phi) is 9.22. The van der Waals surface area contributed by atoms with Crippen molar-refractivity contribution in [2.75, 3.05) is 31.6 Å². The minimum atomic E-state index is -0.185. The van der Waals surface area contributed by atoms with E-state index in [1.807, 2.05) is 37.3 Å². The number of carbonyl (C=O) groups is 1. The Hall–Kier alpha value is -2.66. The van der Waals surface area contributed by atoms with Crippen LogP contribution in [0.3, 0.4) is 0 Å². The van der Waals surface area contributed by atoms with Gasteiger partial charge in [-0.15, -0.1) is 0 Å². The maximum absolute atomic E-state index is 12.2. The molecule has 2 aromatic rings. The standard InChI is InChI=1S/C23H31N3O2/c1-4-13-26(14-5-2)15-16-28-22-17-21(10-8-19(22)3)25-23(27)11-9-20-7-6-12-24-18-20/h6-12,17-18H,4-5,13-16H2,1-3H3,(H,25,27). The summed E-state index contributed by atoms with van der Waals surface area (Å²) in [4.78, 5) is 18.6. The van der Waals surface area contributed by atoms with Gasteiger partial charge >= 0.3 is 0 Å². The van der Waals surface area contributed by atoms with Gasteiger partial charge in [0.05, 0.1) is 0 Å². The SMILES string of the molecule is CCCN(CCC)CCOc1cc(NC(=O)C=Cc2cccnc2)ccc1C. The van der Waals surface area contributed by atoms with Gasteiger partial charge in [-0.2, -0.15) is 0 Å². The summed E-state index contributed by atoms with van der Waals surface area (Å²) >= 11 is 0. The first kappa shape index (κ1) is 21.6. The number of nitrogens with zero attached hydrogens (tertiary/aromatic N) is 2. The van der Waals surface area contributed by atoms with Gasteiger partial charge in [-0.1, -0.05) is 26.0 Å². The van der Waals surface area contributed by atoms with Gasteiger partial charge in [-0.3, -0.25) is 14.7 Å². The fourth-order valence-electron chi connectivity index (χ4n) is 2.92. The molecule has 1 aromatic heterocycles. The van der Waals surface area contributed by atoms with Crippen molar-refractivity contribution >= 4 is 17.7 Å². The smallest absolute Gasteiger partial charge is 0.248 e. The molecular weight excluding hydrogens is 350 g/mol. The average Bonchev–Trinajstić information content (AvgIpc) is 2.70. The molecule has 0 saturated heterocycles. The van der Waals surface area contributed by atoms with Gasteiger partial charge in [0.15, 0.2) is 0 Å². The summed E-state index contributed by atoms with van der Waals surface area (Å²) in [5.41, 5.74) is 2.66. The lowest BCUT2D eigenvalue weighted by atomic mass is 10.2. The number of hydrogen-bond donors (Lipinski definition) is 1. The Morgan fingerprint density at radius 2 is 1.96 bits per heavy atom. The number of amides is 1. The number of pyridine rings is 1. The van der Waals surface area contributed by atoms with Crippen LogP contribution in [-0.2, 0) is 4.79 Å². The molecule has 150 valence electrons. The van der Waals surface area contributed by atoms with Crippen molar-refractivity contribution in [1.29, 1.82) is 0 Å². The zero-order valence-electron chi connectivity index (χ0n) is 17.1. The van der Waals surface area contributed by atoms with Crippen LogP contribution in [0, 0.1) is 6.92 Å². The third-order valence-corrected chi connectivity index (χ3v) is 4.31. The molecule has 28 heavy (non-hydrogen) atoms. The summed E-state index contributed by atoms with van der Waals surface area (Å²) in [5.74, 6) is 0.623. The van der Waals surface area contributed by atoms with E-state index in [-0.39, 0.29) is 5.91 Å². The molecule has 1 amide bonds. The van der Waals surface area contributed by atoms with Gasteiger partial charge in [0, 0.05) is 36.8 Å². The van der Waals surface area contributed by atoms with Crippen LogP contribution in [0.4, 0.5) is 5.69 Å². The summed E-state index contributed by atoms with van der Waals surface area (Å²) in [6.45, 7) is 10.1. The maximum Gasteiger partial charge on any atom is 0.248 e. The zero-order chi connectivity index (χ0) is 20.2. The number of hydrogen-bond acceptors (Lipinski definition) is 4. The van der Waals surface area contributed by atoms with E-state index in [0.717, 1.165) is 55.0 Å². The molecule has 0 saturated carbocycles. The number of nitrogens with one attached hydrogen (secondary N) is 1. The Labute approximate surface area is 168 Å². The maximum atomic E-state index is 12.2.